The smallest absolute Gasteiger partial charge is 0.171 e. The van der Waals surface area contributed by atoms with Crippen LogP contribution < -0.4 is 4.74 Å². The number of carbonyl (C=O) groups is 1. The number of rotatable bonds is 3. The monoisotopic (exact) mass is 304 g/mol. The third-order valence-electron chi connectivity index (χ3n) is 3.16. The van der Waals surface area contributed by atoms with Gasteiger partial charge in [-0.2, -0.15) is 0 Å². The molecule has 0 atom stereocenters. The van der Waals surface area contributed by atoms with Crippen LogP contribution in [0.5, 0.6) is 5.75 Å². The van der Waals surface area contributed by atoms with Gasteiger partial charge in [-0.05, 0) is 17.7 Å². The lowest BCUT2D eigenvalue weighted by Crippen LogP contribution is -2.16. The van der Waals surface area contributed by atoms with Crippen LogP contribution in [0.1, 0.15) is 22.3 Å². The van der Waals surface area contributed by atoms with Gasteiger partial charge in [-0.25, -0.2) is 0 Å². The minimum atomic E-state index is 0.0680. The summed E-state index contributed by atoms with van der Waals surface area (Å²) in [6.45, 7) is 0.436. The molecule has 0 saturated carbocycles. The summed E-state index contributed by atoms with van der Waals surface area (Å²) in [6.07, 6.45) is 0.402. The highest BCUT2D eigenvalue weighted by Gasteiger charge is 2.24. The van der Waals surface area contributed by atoms with Gasteiger partial charge < -0.3 is 4.74 Å². The second-order valence-corrected chi connectivity index (χ2v) is 5.97. The van der Waals surface area contributed by atoms with Crippen LogP contribution in [0.4, 0.5) is 0 Å². The van der Waals surface area contributed by atoms with E-state index in [0.29, 0.717) is 29.4 Å². The topological polar surface area (TPSA) is 26.3 Å². The molecule has 2 nitrogen and oxygen atoms in total. The van der Waals surface area contributed by atoms with Crippen molar-refractivity contribution in [1.29, 1.82) is 0 Å². The number of hydrogen-bond donors (Lipinski definition) is 0. The summed E-state index contributed by atoms with van der Waals surface area (Å²) in [5.41, 5.74) is 1.78. The van der Waals surface area contributed by atoms with Crippen molar-refractivity contribution in [2.24, 2.45) is 0 Å². The summed E-state index contributed by atoms with van der Waals surface area (Å²) in [6, 6.07) is 13.9. The molecule has 0 aliphatic carbocycles. The van der Waals surface area contributed by atoms with Crippen LogP contribution in [-0.4, -0.2) is 12.4 Å². The molecule has 0 aromatic heterocycles. The molecule has 2 aromatic rings. The van der Waals surface area contributed by atoms with Gasteiger partial charge >= 0.3 is 0 Å². The normalized spacial score (nSPS) is 13.8. The van der Waals surface area contributed by atoms with Crippen molar-refractivity contribution in [3.8, 4) is 5.75 Å². The van der Waals surface area contributed by atoms with Crippen molar-refractivity contribution >= 4 is 29.1 Å². The number of fused-ring (bicyclic) bond motifs is 1. The molecule has 0 N–H and O–H groups in total. The van der Waals surface area contributed by atoms with E-state index in [1.807, 2.05) is 24.3 Å². The second-order valence-electron chi connectivity index (χ2n) is 4.55. The summed E-state index contributed by atoms with van der Waals surface area (Å²) in [4.78, 5) is 12.9. The number of benzene rings is 2. The molecular weight excluding hydrogens is 292 g/mol. The van der Waals surface area contributed by atoms with E-state index >= 15 is 0 Å². The number of halogens is 1. The molecule has 0 fully saturated rings. The van der Waals surface area contributed by atoms with Crippen molar-refractivity contribution in [3.05, 3.63) is 58.6 Å². The maximum Gasteiger partial charge on any atom is 0.171 e. The molecule has 0 saturated heterocycles. The third-order valence-corrected chi connectivity index (χ3v) is 4.59. The second kappa shape index (κ2) is 5.90. The fourth-order valence-electron chi connectivity index (χ4n) is 2.16. The summed E-state index contributed by atoms with van der Waals surface area (Å²) in [5.74, 6) is 1.56. The molecule has 1 aliphatic rings. The fraction of sp³-hybridized carbons (Fsp3) is 0.188. The number of Topliss-reactive ketones (excluding diaryl/α,β-unsaturated/α-hetero) is 1. The summed E-state index contributed by atoms with van der Waals surface area (Å²) in [7, 11) is 0. The zero-order valence-corrected chi connectivity index (χ0v) is 12.3. The summed E-state index contributed by atoms with van der Waals surface area (Å²) >= 11 is 7.78. The number of hydrogen-bond acceptors (Lipinski definition) is 3. The van der Waals surface area contributed by atoms with Crippen LogP contribution in [-0.2, 0) is 5.75 Å². The Hall–Kier alpha value is -1.45. The Bertz CT molecular complexity index is 640. The van der Waals surface area contributed by atoms with E-state index in [0.717, 1.165) is 10.6 Å². The van der Waals surface area contributed by atoms with Gasteiger partial charge in [0.1, 0.15) is 5.75 Å². The average Bonchev–Trinajstić information content (AvgIpc) is 2.48. The van der Waals surface area contributed by atoms with Gasteiger partial charge in [0.05, 0.1) is 22.1 Å². The molecule has 3 rings (SSSR count). The molecule has 0 bridgehead atoms. The molecule has 1 heterocycles. The van der Waals surface area contributed by atoms with Crippen molar-refractivity contribution in [2.45, 2.75) is 17.1 Å². The third kappa shape index (κ3) is 2.69. The van der Waals surface area contributed by atoms with Gasteiger partial charge in [-0.15, -0.1) is 11.8 Å². The Kier molecular flexibility index (Phi) is 3.99. The molecule has 0 spiro atoms. The molecule has 0 unspecified atom stereocenters. The molecule has 4 heteroatoms. The first-order valence-electron chi connectivity index (χ1n) is 6.41. The minimum absolute atomic E-state index is 0.0680. The molecule has 0 radical (unpaired) electrons. The number of ether oxygens (including phenoxy) is 1. The van der Waals surface area contributed by atoms with E-state index < -0.39 is 0 Å². The molecule has 2 aromatic carbocycles. The fourth-order valence-corrected chi connectivity index (χ4v) is 3.39. The van der Waals surface area contributed by atoms with Gasteiger partial charge in [-0.3, -0.25) is 4.79 Å². The number of carbonyl (C=O) groups excluding carboxylic acids is 1. The van der Waals surface area contributed by atoms with E-state index in [9.17, 15) is 4.79 Å². The molecule has 0 amide bonds. The summed E-state index contributed by atoms with van der Waals surface area (Å²) in [5, 5.41) is 0.480. The Morgan fingerprint density at radius 1 is 1.15 bits per heavy atom. The van der Waals surface area contributed by atoms with Crippen LogP contribution in [0, 0.1) is 0 Å². The quantitative estimate of drug-likeness (QED) is 0.775. The van der Waals surface area contributed by atoms with Crippen LogP contribution in [0.3, 0.4) is 0 Å². The van der Waals surface area contributed by atoms with E-state index in [1.165, 1.54) is 5.56 Å². The van der Waals surface area contributed by atoms with Crippen molar-refractivity contribution in [2.75, 3.05) is 6.61 Å². The van der Waals surface area contributed by atoms with Gasteiger partial charge in [0.15, 0.2) is 5.78 Å². The lowest BCUT2D eigenvalue weighted by Gasteiger charge is -2.20. The van der Waals surface area contributed by atoms with Crippen LogP contribution >= 0.6 is 23.4 Å². The molecular formula is C16H13ClO2S. The van der Waals surface area contributed by atoms with Gasteiger partial charge in [0.2, 0.25) is 0 Å². The average molecular weight is 305 g/mol. The standard InChI is InChI=1S/C16H13ClO2S/c17-12-6-7-14(16-15(12)13(18)8-9-19-16)20-10-11-4-2-1-3-5-11/h1-7H,8-10H2. The van der Waals surface area contributed by atoms with E-state index in [-0.39, 0.29) is 5.78 Å². The highest BCUT2D eigenvalue weighted by molar-refractivity contribution is 7.98. The predicted octanol–water partition coefficient (Wildman–Crippen LogP) is 4.60. The highest BCUT2D eigenvalue weighted by Crippen LogP contribution is 2.40. The Balaban J connectivity index is 1.87. The minimum Gasteiger partial charge on any atom is -0.491 e. The lowest BCUT2D eigenvalue weighted by atomic mass is 10.1. The maximum absolute atomic E-state index is 12.0. The van der Waals surface area contributed by atoms with Crippen LogP contribution in [0.25, 0.3) is 0 Å². The zero-order chi connectivity index (χ0) is 13.9. The van der Waals surface area contributed by atoms with E-state index in [1.54, 1.807) is 17.8 Å². The van der Waals surface area contributed by atoms with E-state index in [2.05, 4.69) is 12.1 Å². The van der Waals surface area contributed by atoms with E-state index in [4.69, 9.17) is 16.3 Å². The molecule has 102 valence electrons. The SMILES string of the molecule is O=C1CCOc2c(SCc3ccccc3)ccc(Cl)c21. The van der Waals surface area contributed by atoms with Gasteiger partial charge in [-0.1, -0.05) is 41.9 Å². The maximum atomic E-state index is 12.0. The first-order chi connectivity index (χ1) is 9.75. The van der Waals surface area contributed by atoms with Crippen molar-refractivity contribution < 1.29 is 9.53 Å². The Morgan fingerprint density at radius 2 is 1.95 bits per heavy atom. The van der Waals surface area contributed by atoms with Crippen LogP contribution in [0.2, 0.25) is 5.02 Å². The Labute approximate surface area is 127 Å². The number of thioether (sulfide) groups is 1. The Morgan fingerprint density at radius 3 is 2.75 bits per heavy atom. The molecule has 20 heavy (non-hydrogen) atoms. The lowest BCUT2D eigenvalue weighted by molar-refractivity contribution is 0.0931. The predicted molar refractivity (Wildman–Crippen MR) is 81.9 cm³/mol. The summed E-state index contributed by atoms with van der Waals surface area (Å²) < 4.78 is 5.67. The van der Waals surface area contributed by atoms with Crippen molar-refractivity contribution in [3.63, 3.8) is 0 Å². The number of ketones is 1. The van der Waals surface area contributed by atoms with Crippen LogP contribution in [0.15, 0.2) is 47.4 Å². The first-order valence-corrected chi connectivity index (χ1v) is 7.77. The zero-order valence-electron chi connectivity index (χ0n) is 10.8. The van der Waals surface area contributed by atoms with Crippen molar-refractivity contribution in [1.82, 2.24) is 0 Å². The first kappa shape index (κ1) is 13.5. The largest absolute Gasteiger partial charge is 0.491 e. The van der Waals surface area contributed by atoms with Gasteiger partial charge in [0.25, 0.3) is 0 Å². The van der Waals surface area contributed by atoms with Gasteiger partial charge in [0, 0.05) is 12.2 Å². The molecule has 1 aliphatic heterocycles. The highest BCUT2D eigenvalue weighted by atomic mass is 35.5.